The first kappa shape index (κ1) is 32.0. The fraction of sp³-hybridized carbons (Fsp3) is 0.111. The number of benzene rings is 9. The van der Waals surface area contributed by atoms with Gasteiger partial charge in [0.15, 0.2) is 0 Å². The van der Waals surface area contributed by atoms with Crippen molar-refractivity contribution in [3.05, 3.63) is 198 Å². The third kappa shape index (κ3) is 4.60. The number of anilines is 3. The van der Waals surface area contributed by atoms with Crippen molar-refractivity contribution < 1.29 is 0 Å². The van der Waals surface area contributed by atoms with Crippen LogP contribution in [0.5, 0.6) is 0 Å². The summed E-state index contributed by atoms with van der Waals surface area (Å²) in [6.45, 7) is 9.54. The second-order valence-corrected chi connectivity index (χ2v) is 16.5. The highest BCUT2D eigenvalue weighted by Crippen LogP contribution is 2.55. The van der Waals surface area contributed by atoms with Gasteiger partial charge in [0.05, 0.1) is 5.69 Å². The van der Waals surface area contributed by atoms with E-state index in [1.54, 1.807) is 0 Å². The Balaban J connectivity index is 1.19. The molecule has 1 nitrogen and oxygen atoms in total. The highest BCUT2D eigenvalue weighted by atomic mass is 15.1. The maximum atomic E-state index is 2.51. The molecule has 0 aromatic heterocycles. The Labute approximate surface area is 323 Å². The zero-order valence-corrected chi connectivity index (χ0v) is 31.7. The van der Waals surface area contributed by atoms with Crippen molar-refractivity contribution in [2.24, 2.45) is 0 Å². The van der Waals surface area contributed by atoms with Gasteiger partial charge in [-0.1, -0.05) is 167 Å². The number of fused-ring (bicyclic) bond motifs is 7. The molecule has 55 heavy (non-hydrogen) atoms. The van der Waals surface area contributed by atoms with Gasteiger partial charge < -0.3 is 4.90 Å². The van der Waals surface area contributed by atoms with Crippen LogP contribution in [0.3, 0.4) is 0 Å². The summed E-state index contributed by atoms with van der Waals surface area (Å²) in [6, 6.07) is 66.0. The fourth-order valence-electron chi connectivity index (χ4n) is 10.0. The minimum absolute atomic E-state index is 0.111. The van der Waals surface area contributed by atoms with Gasteiger partial charge >= 0.3 is 0 Å². The molecule has 0 atom stereocenters. The molecule has 0 radical (unpaired) electrons. The molecule has 0 saturated carbocycles. The Morgan fingerprint density at radius 3 is 1.85 bits per heavy atom. The van der Waals surface area contributed by atoms with Gasteiger partial charge in [-0.3, -0.25) is 0 Å². The van der Waals surface area contributed by atoms with Gasteiger partial charge in [-0.15, -0.1) is 0 Å². The topological polar surface area (TPSA) is 3.24 Å². The van der Waals surface area contributed by atoms with Crippen molar-refractivity contribution in [1.82, 2.24) is 0 Å². The van der Waals surface area contributed by atoms with Gasteiger partial charge in [-0.05, 0) is 119 Å². The average molecular weight is 704 g/mol. The van der Waals surface area contributed by atoms with Crippen LogP contribution >= 0.6 is 0 Å². The van der Waals surface area contributed by atoms with Crippen molar-refractivity contribution in [1.29, 1.82) is 0 Å². The van der Waals surface area contributed by atoms with Crippen LogP contribution in [0.1, 0.15) is 49.9 Å². The molecular formula is C54H41N. The van der Waals surface area contributed by atoms with E-state index in [1.807, 2.05) is 0 Å². The lowest BCUT2D eigenvalue weighted by Crippen LogP contribution is -2.24. The minimum Gasteiger partial charge on any atom is -0.310 e. The Morgan fingerprint density at radius 1 is 0.364 bits per heavy atom. The molecule has 0 aliphatic heterocycles. The summed E-state index contributed by atoms with van der Waals surface area (Å²) >= 11 is 0. The second-order valence-electron chi connectivity index (χ2n) is 16.5. The third-order valence-corrected chi connectivity index (χ3v) is 12.8. The van der Waals surface area contributed by atoms with Crippen LogP contribution in [-0.2, 0) is 10.8 Å². The molecule has 0 fully saturated rings. The lowest BCUT2D eigenvalue weighted by Gasteiger charge is -2.37. The molecule has 0 bridgehead atoms. The summed E-state index contributed by atoms with van der Waals surface area (Å²) in [7, 11) is 0. The molecule has 9 aromatic carbocycles. The average Bonchev–Trinajstić information content (AvgIpc) is 3.45. The van der Waals surface area contributed by atoms with Crippen LogP contribution < -0.4 is 4.90 Å². The number of rotatable bonds is 4. The predicted molar refractivity (Wildman–Crippen MR) is 234 cm³/mol. The van der Waals surface area contributed by atoms with Crippen LogP contribution in [0.25, 0.3) is 65.7 Å². The molecule has 2 aliphatic rings. The zero-order valence-electron chi connectivity index (χ0n) is 31.7. The van der Waals surface area contributed by atoms with E-state index in [9.17, 15) is 0 Å². The number of nitrogens with zero attached hydrogens (tertiary/aromatic N) is 1. The highest BCUT2D eigenvalue weighted by molar-refractivity contribution is 6.10. The van der Waals surface area contributed by atoms with Crippen molar-refractivity contribution >= 4 is 49.4 Å². The molecule has 0 saturated heterocycles. The molecule has 11 rings (SSSR count). The molecule has 262 valence electrons. The molecule has 0 heterocycles. The fourth-order valence-corrected chi connectivity index (χ4v) is 10.0. The van der Waals surface area contributed by atoms with Gasteiger partial charge in [0.25, 0.3) is 0 Å². The molecule has 1 heteroatoms. The number of hydrogen-bond donors (Lipinski definition) is 0. The lowest BCUT2D eigenvalue weighted by atomic mass is 9.67. The Morgan fingerprint density at radius 2 is 0.964 bits per heavy atom. The van der Waals surface area contributed by atoms with Gasteiger partial charge in [-0.25, -0.2) is 0 Å². The molecule has 0 amide bonds. The highest BCUT2D eigenvalue weighted by Gasteiger charge is 2.37. The quantitative estimate of drug-likeness (QED) is 0.176. The van der Waals surface area contributed by atoms with Crippen LogP contribution in [0.4, 0.5) is 17.1 Å². The summed E-state index contributed by atoms with van der Waals surface area (Å²) in [5.74, 6) is 0. The van der Waals surface area contributed by atoms with Gasteiger partial charge in [0.1, 0.15) is 0 Å². The Hall–Kier alpha value is -6.44. The van der Waals surface area contributed by atoms with Crippen molar-refractivity contribution in [3.8, 4) is 33.4 Å². The standard InChI is InChI=1S/C54H41N/c1-53(2)47-30-27-39(32-45(47)52-42(28-25-36-17-11-21-48(53)51(36)52)38-24-23-34-13-5-6-15-37(34)31-38)55(50-22-12-16-35-14-7-8-18-41(35)50)40-26-29-44-43-19-9-10-20-46(43)54(3,4)49(44)33-40/h5-33H,1-4H3. The van der Waals surface area contributed by atoms with E-state index in [1.165, 1.54) is 99.3 Å². The Kier molecular flexibility index (Phi) is 6.72. The largest absolute Gasteiger partial charge is 0.310 e. The molecule has 0 spiro atoms. The van der Waals surface area contributed by atoms with Crippen LogP contribution in [0.2, 0.25) is 0 Å². The molecule has 0 unspecified atom stereocenters. The van der Waals surface area contributed by atoms with E-state index in [2.05, 4.69) is 209 Å². The molecule has 2 aliphatic carbocycles. The first-order valence-corrected chi connectivity index (χ1v) is 19.5. The van der Waals surface area contributed by atoms with Gasteiger partial charge in [0, 0.05) is 27.6 Å². The maximum Gasteiger partial charge on any atom is 0.0540 e. The normalized spacial score (nSPS) is 14.5. The summed E-state index contributed by atoms with van der Waals surface area (Å²) in [6.07, 6.45) is 0. The van der Waals surface area contributed by atoms with Crippen molar-refractivity contribution in [2.45, 2.75) is 38.5 Å². The monoisotopic (exact) mass is 703 g/mol. The van der Waals surface area contributed by atoms with Crippen LogP contribution in [0.15, 0.2) is 176 Å². The molecular weight excluding hydrogens is 663 g/mol. The third-order valence-electron chi connectivity index (χ3n) is 12.8. The van der Waals surface area contributed by atoms with E-state index in [0.29, 0.717) is 0 Å². The number of hydrogen-bond acceptors (Lipinski definition) is 1. The first-order valence-electron chi connectivity index (χ1n) is 19.5. The van der Waals surface area contributed by atoms with E-state index < -0.39 is 0 Å². The van der Waals surface area contributed by atoms with E-state index in [0.717, 1.165) is 5.69 Å². The summed E-state index contributed by atoms with van der Waals surface area (Å²) in [5.41, 5.74) is 16.5. The maximum absolute atomic E-state index is 2.51. The first-order chi connectivity index (χ1) is 26.8. The SMILES string of the molecule is CC1(C)c2ccccc2-c2ccc(N(c3ccc4c(c3)-c3c(-c5ccc6ccccc6c5)ccc5cccc(c35)C4(C)C)c3cccc4ccccc34)cc21. The van der Waals surface area contributed by atoms with Crippen molar-refractivity contribution in [3.63, 3.8) is 0 Å². The summed E-state index contributed by atoms with van der Waals surface area (Å²) in [4.78, 5) is 2.51. The predicted octanol–water partition coefficient (Wildman–Crippen LogP) is 14.9. The van der Waals surface area contributed by atoms with Crippen LogP contribution in [0, 0.1) is 0 Å². The summed E-state index contributed by atoms with van der Waals surface area (Å²) in [5, 5.41) is 7.63. The van der Waals surface area contributed by atoms with Crippen molar-refractivity contribution in [2.75, 3.05) is 4.90 Å². The van der Waals surface area contributed by atoms with E-state index >= 15 is 0 Å². The zero-order chi connectivity index (χ0) is 37.1. The van der Waals surface area contributed by atoms with E-state index in [4.69, 9.17) is 0 Å². The van der Waals surface area contributed by atoms with E-state index in [-0.39, 0.29) is 10.8 Å². The van der Waals surface area contributed by atoms with Gasteiger partial charge in [-0.2, -0.15) is 0 Å². The second kappa shape index (κ2) is 11.5. The Bertz CT molecular complexity index is 3050. The van der Waals surface area contributed by atoms with Crippen LogP contribution in [-0.4, -0.2) is 0 Å². The smallest absolute Gasteiger partial charge is 0.0540 e. The summed E-state index contributed by atoms with van der Waals surface area (Å²) < 4.78 is 0. The van der Waals surface area contributed by atoms with Gasteiger partial charge in [0.2, 0.25) is 0 Å². The minimum atomic E-state index is -0.184. The lowest BCUT2D eigenvalue weighted by molar-refractivity contribution is 0.645. The molecule has 9 aromatic rings. The molecule has 0 N–H and O–H groups in total.